The van der Waals surface area contributed by atoms with E-state index in [1.54, 1.807) is 6.92 Å². The van der Waals surface area contributed by atoms with E-state index in [1.165, 1.54) is 6.26 Å². The van der Waals surface area contributed by atoms with Crippen molar-refractivity contribution in [3.63, 3.8) is 0 Å². The smallest absolute Gasteiger partial charge is 0.360 e. The number of esters is 1. The minimum atomic E-state index is -0.452. The van der Waals surface area contributed by atoms with Crippen molar-refractivity contribution in [1.29, 1.82) is 0 Å². The molecule has 0 bridgehead atoms. The number of nitrogens with zero attached hydrogens (tertiary/aromatic N) is 2. The molecule has 0 aliphatic carbocycles. The van der Waals surface area contributed by atoms with Gasteiger partial charge in [-0.1, -0.05) is 0 Å². The Morgan fingerprint density at radius 1 is 1.63 bits per heavy atom. The fourth-order valence-corrected chi connectivity index (χ4v) is 2.16. The Morgan fingerprint density at radius 2 is 2.47 bits per heavy atom. The molecule has 1 atom stereocenters. The van der Waals surface area contributed by atoms with Gasteiger partial charge in [0.2, 0.25) is 0 Å². The van der Waals surface area contributed by atoms with Crippen LogP contribution in [0.15, 0.2) is 10.7 Å². The average Bonchev–Trinajstić information content (AvgIpc) is 2.90. The van der Waals surface area contributed by atoms with Crippen molar-refractivity contribution in [2.75, 3.05) is 38.3 Å². The molecule has 0 amide bonds. The topological polar surface area (TPSA) is 64.8 Å². The van der Waals surface area contributed by atoms with E-state index < -0.39 is 5.97 Å². The van der Waals surface area contributed by atoms with E-state index in [9.17, 15) is 4.79 Å². The summed E-state index contributed by atoms with van der Waals surface area (Å²) in [4.78, 5) is 17.5. The summed E-state index contributed by atoms with van der Waals surface area (Å²) in [6.45, 7) is 4.52. The van der Waals surface area contributed by atoms with Crippen LogP contribution >= 0.6 is 0 Å². The van der Waals surface area contributed by atoms with E-state index in [-0.39, 0.29) is 5.69 Å². The van der Waals surface area contributed by atoms with Gasteiger partial charge in [-0.2, -0.15) is 4.98 Å². The van der Waals surface area contributed by atoms with Gasteiger partial charge in [-0.15, -0.1) is 0 Å². The van der Waals surface area contributed by atoms with E-state index in [0.29, 0.717) is 18.5 Å². The molecule has 6 nitrogen and oxygen atoms in total. The number of carbonyl (C=O) groups excluding carboxylic acids is 1. The molecule has 0 saturated carbocycles. The van der Waals surface area contributed by atoms with Crippen LogP contribution in [0.2, 0.25) is 0 Å². The van der Waals surface area contributed by atoms with Crippen LogP contribution in [0.3, 0.4) is 0 Å². The average molecular weight is 268 g/mol. The van der Waals surface area contributed by atoms with E-state index in [0.717, 1.165) is 32.6 Å². The second-order valence-electron chi connectivity index (χ2n) is 4.70. The molecule has 1 fully saturated rings. The molecule has 0 radical (unpaired) electrons. The fraction of sp³-hybridized carbons (Fsp3) is 0.692. The van der Waals surface area contributed by atoms with Crippen molar-refractivity contribution >= 4 is 12.0 Å². The predicted molar refractivity (Wildman–Crippen MR) is 69.3 cm³/mol. The van der Waals surface area contributed by atoms with Crippen molar-refractivity contribution in [3.8, 4) is 0 Å². The molecule has 1 aromatic rings. The van der Waals surface area contributed by atoms with Gasteiger partial charge in [0.05, 0.1) is 13.2 Å². The molecule has 1 aliphatic heterocycles. The molecular formula is C13H20N2O4. The lowest BCUT2D eigenvalue weighted by Crippen LogP contribution is -2.31. The van der Waals surface area contributed by atoms with E-state index in [2.05, 4.69) is 4.98 Å². The lowest BCUT2D eigenvalue weighted by atomic mass is 10.0. The zero-order valence-corrected chi connectivity index (χ0v) is 11.4. The third kappa shape index (κ3) is 3.70. The van der Waals surface area contributed by atoms with Crippen LogP contribution in [-0.4, -0.2) is 44.4 Å². The Labute approximate surface area is 112 Å². The summed E-state index contributed by atoms with van der Waals surface area (Å²) in [6, 6.07) is 0.439. The first kappa shape index (κ1) is 13.9. The molecule has 6 heteroatoms. The van der Waals surface area contributed by atoms with Crippen molar-refractivity contribution in [2.24, 2.45) is 5.92 Å². The van der Waals surface area contributed by atoms with Gasteiger partial charge in [0.25, 0.3) is 6.01 Å². The van der Waals surface area contributed by atoms with Gasteiger partial charge in [-0.25, -0.2) is 4.79 Å². The van der Waals surface area contributed by atoms with Crippen LogP contribution in [0, 0.1) is 5.92 Å². The summed E-state index contributed by atoms with van der Waals surface area (Å²) in [6.07, 6.45) is 3.58. The first-order chi connectivity index (χ1) is 9.20. The van der Waals surface area contributed by atoms with Crippen LogP contribution in [0.25, 0.3) is 0 Å². The Balaban J connectivity index is 1.91. The van der Waals surface area contributed by atoms with Gasteiger partial charge in [0, 0.05) is 26.1 Å². The summed E-state index contributed by atoms with van der Waals surface area (Å²) in [5.74, 6) is 0.0311. The maximum atomic E-state index is 11.5. The minimum absolute atomic E-state index is 0.212. The summed E-state index contributed by atoms with van der Waals surface area (Å²) in [5, 5.41) is 0. The van der Waals surface area contributed by atoms with Crippen molar-refractivity contribution < 1.29 is 18.7 Å². The van der Waals surface area contributed by atoms with Crippen LogP contribution < -0.4 is 4.90 Å². The highest BCUT2D eigenvalue weighted by Gasteiger charge is 2.20. The lowest BCUT2D eigenvalue weighted by Gasteiger charge is -2.26. The monoisotopic (exact) mass is 268 g/mol. The summed E-state index contributed by atoms with van der Waals surface area (Å²) < 4.78 is 15.6. The maximum Gasteiger partial charge on any atom is 0.360 e. The van der Waals surface area contributed by atoms with Gasteiger partial charge in [0.15, 0.2) is 5.69 Å². The standard InChI is InChI=1S/C13H20N2O4/c1-3-18-12(16)11-9-19-13(14-11)15(2)7-10-5-4-6-17-8-10/h9-10H,3-8H2,1-2H3. The Bertz CT molecular complexity index is 413. The first-order valence-corrected chi connectivity index (χ1v) is 6.62. The molecule has 0 N–H and O–H groups in total. The van der Waals surface area contributed by atoms with Crippen molar-refractivity contribution in [2.45, 2.75) is 19.8 Å². The van der Waals surface area contributed by atoms with E-state index in [4.69, 9.17) is 13.9 Å². The number of anilines is 1. The molecule has 1 unspecified atom stereocenters. The Morgan fingerprint density at radius 3 is 3.16 bits per heavy atom. The molecule has 1 saturated heterocycles. The second kappa shape index (κ2) is 6.56. The number of hydrogen-bond donors (Lipinski definition) is 0. The van der Waals surface area contributed by atoms with E-state index in [1.807, 2.05) is 11.9 Å². The number of hydrogen-bond acceptors (Lipinski definition) is 6. The van der Waals surface area contributed by atoms with Gasteiger partial charge in [0.1, 0.15) is 6.26 Å². The Kier molecular flexibility index (Phi) is 4.79. The third-order valence-corrected chi connectivity index (χ3v) is 3.09. The van der Waals surface area contributed by atoms with Gasteiger partial charge >= 0.3 is 5.97 Å². The molecule has 1 aromatic heterocycles. The number of carbonyl (C=O) groups is 1. The number of ether oxygens (including phenoxy) is 2. The van der Waals surface area contributed by atoms with Crippen LogP contribution in [0.4, 0.5) is 6.01 Å². The molecular weight excluding hydrogens is 248 g/mol. The van der Waals surface area contributed by atoms with Crippen LogP contribution in [0.5, 0.6) is 0 Å². The zero-order chi connectivity index (χ0) is 13.7. The molecule has 0 spiro atoms. The highest BCUT2D eigenvalue weighted by molar-refractivity contribution is 5.87. The SMILES string of the molecule is CCOC(=O)c1coc(N(C)CC2CCCOC2)n1. The summed E-state index contributed by atoms with van der Waals surface area (Å²) in [5.41, 5.74) is 0.212. The molecule has 2 rings (SSSR count). The summed E-state index contributed by atoms with van der Waals surface area (Å²) >= 11 is 0. The molecule has 0 aromatic carbocycles. The van der Waals surface area contributed by atoms with Gasteiger partial charge in [-0.05, 0) is 19.8 Å². The molecule has 1 aliphatic rings. The first-order valence-electron chi connectivity index (χ1n) is 6.62. The molecule has 19 heavy (non-hydrogen) atoms. The van der Waals surface area contributed by atoms with Crippen LogP contribution in [-0.2, 0) is 9.47 Å². The normalized spacial score (nSPS) is 19.2. The van der Waals surface area contributed by atoms with Gasteiger partial charge in [-0.3, -0.25) is 0 Å². The molecule has 106 valence electrons. The molecule has 2 heterocycles. The van der Waals surface area contributed by atoms with E-state index >= 15 is 0 Å². The quantitative estimate of drug-likeness (QED) is 0.757. The van der Waals surface area contributed by atoms with Crippen LogP contribution in [0.1, 0.15) is 30.3 Å². The lowest BCUT2D eigenvalue weighted by molar-refractivity contribution is 0.0519. The number of aromatic nitrogens is 1. The fourth-order valence-electron chi connectivity index (χ4n) is 2.16. The van der Waals surface area contributed by atoms with Crippen molar-refractivity contribution in [3.05, 3.63) is 12.0 Å². The zero-order valence-electron chi connectivity index (χ0n) is 11.4. The third-order valence-electron chi connectivity index (χ3n) is 3.09. The second-order valence-corrected chi connectivity index (χ2v) is 4.70. The summed E-state index contributed by atoms with van der Waals surface area (Å²) in [7, 11) is 1.90. The Hall–Kier alpha value is -1.56. The predicted octanol–water partition coefficient (Wildman–Crippen LogP) is 1.71. The number of rotatable bonds is 5. The van der Waals surface area contributed by atoms with Crippen molar-refractivity contribution in [1.82, 2.24) is 4.98 Å². The highest BCUT2D eigenvalue weighted by atomic mass is 16.5. The minimum Gasteiger partial charge on any atom is -0.461 e. The highest BCUT2D eigenvalue weighted by Crippen LogP contribution is 2.19. The number of oxazole rings is 1. The largest absolute Gasteiger partial charge is 0.461 e. The maximum absolute atomic E-state index is 11.5. The van der Waals surface area contributed by atoms with Gasteiger partial charge < -0.3 is 18.8 Å².